The van der Waals surface area contributed by atoms with E-state index in [1.165, 1.54) is 0 Å². The van der Waals surface area contributed by atoms with Crippen LogP contribution in [0.4, 0.5) is 0 Å². The molecular formula is C17H21BrN2O. The predicted octanol–water partition coefficient (Wildman–Crippen LogP) is 3.95. The molecule has 1 aliphatic heterocycles. The zero-order valence-electron chi connectivity index (χ0n) is 12.6. The van der Waals surface area contributed by atoms with Gasteiger partial charge in [0.15, 0.2) is 0 Å². The lowest BCUT2D eigenvalue weighted by Crippen LogP contribution is -2.42. The summed E-state index contributed by atoms with van der Waals surface area (Å²) >= 11 is 3.43. The van der Waals surface area contributed by atoms with E-state index in [1.54, 1.807) is 0 Å². The van der Waals surface area contributed by atoms with Gasteiger partial charge < -0.3 is 4.90 Å². The third kappa shape index (κ3) is 3.85. The SMILES string of the molecule is CC(C)C(C(=O)N1CCC(C#N)CC1)c1ccc(Br)cc1. The van der Waals surface area contributed by atoms with Crippen molar-refractivity contribution in [3.05, 3.63) is 34.3 Å². The molecule has 0 saturated carbocycles. The van der Waals surface area contributed by atoms with Crippen LogP contribution < -0.4 is 0 Å². The van der Waals surface area contributed by atoms with Gasteiger partial charge in [-0.05, 0) is 36.5 Å². The van der Waals surface area contributed by atoms with Crippen molar-refractivity contribution >= 4 is 21.8 Å². The lowest BCUT2D eigenvalue weighted by atomic mass is 9.86. The molecule has 0 N–H and O–H groups in total. The zero-order valence-corrected chi connectivity index (χ0v) is 14.1. The van der Waals surface area contributed by atoms with Crippen molar-refractivity contribution in [1.82, 2.24) is 4.90 Å². The molecule has 1 heterocycles. The van der Waals surface area contributed by atoms with Gasteiger partial charge in [-0.3, -0.25) is 4.79 Å². The number of halogens is 1. The Balaban J connectivity index is 2.13. The summed E-state index contributed by atoms with van der Waals surface area (Å²) in [6, 6.07) is 10.3. The third-order valence-electron chi connectivity index (χ3n) is 4.15. The molecule has 0 aromatic heterocycles. The Morgan fingerprint density at radius 2 is 1.86 bits per heavy atom. The van der Waals surface area contributed by atoms with E-state index in [4.69, 9.17) is 5.26 Å². The van der Waals surface area contributed by atoms with E-state index < -0.39 is 0 Å². The first-order valence-corrected chi connectivity index (χ1v) is 8.26. The summed E-state index contributed by atoms with van der Waals surface area (Å²) in [5, 5.41) is 8.96. The Morgan fingerprint density at radius 1 is 1.29 bits per heavy atom. The fourth-order valence-corrected chi connectivity index (χ4v) is 3.17. The van der Waals surface area contributed by atoms with Gasteiger partial charge in [-0.15, -0.1) is 0 Å². The number of amides is 1. The monoisotopic (exact) mass is 348 g/mol. The van der Waals surface area contributed by atoms with E-state index in [0.717, 1.165) is 22.9 Å². The number of benzene rings is 1. The molecule has 1 fully saturated rings. The van der Waals surface area contributed by atoms with Crippen LogP contribution in [0.5, 0.6) is 0 Å². The highest BCUT2D eigenvalue weighted by Gasteiger charge is 2.31. The van der Waals surface area contributed by atoms with Crippen LogP contribution in [0.25, 0.3) is 0 Å². The molecule has 0 bridgehead atoms. The molecule has 0 radical (unpaired) electrons. The molecule has 1 amide bonds. The largest absolute Gasteiger partial charge is 0.342 e. The predicted molar refractivity (Wildman–Crippen MR) is 86.6 cm³/mol. The second-order valence-corrected chi connectivity index (χ2v) is 6.92. The Morgan fingerprint density at radius 3 is 2.33 bits per heavy atom. The number of carbonyl (C=O) groups is 1. The Bertz CT molecular complexity index is 525. The van der Waals surface area contributed by atoms with E-state index in [0.29, 0.717) is 13.1 Å². The van der Waals surface area contributed by atoms with Gasteiger partial charge in [-0.2, -0.15) is 5.26 Å². The van der Waals surface area contributed by atoms with Gasteiger partial charge in [-0.1, -0.05) is 41.9 Å². The van der Waals surface area contributed by atoms with E-state index in [-0.39, 0.29) is 23.7 Å². The molecule has 2 rings (SSSR count). The number of rotatable bonds is 3. The lowest BCUT2D eigenvalue weighted by molar-refractivity contribution is -0.135. The van der Waals surface area contributed by atoms with E-state index in [2.05, 4.69) is 35.8 Å². The highest BCUT2D eigenvalue weighted by Crippen LogP contribution is 2.29. The molecule has 0 spiro atoms. The average molecular weight is 349 g/mol. The Hall–Kier alpha value is -1.34. The van der Waals surface area contributed by atoms with E-state index in [1.807, 2.05) is 29.2 Å². The minimum Gasteiger partial charge on any atom is -0.342 e. The van der Waals surface area contributed by atoms with Gasteiger partial charge in [0.2, 0.25) is 5.91 Å². The smallest absolute Gasteiger partial charge is 0.230 e. The van der Waals surface area contributed by atoms with Crippen molar-refractivity contribution in [2.75, 3.05) is 13.1 Å². The minimum atomic E-state index is -0.100. The minimum absolute atomic E-state index is 0.100. The van der Waals surface area contributed by atoms with Crippen molar-refractivity contribution in [3.63, 3.8) is 0 Å². The van der Waals surface area contributed by atoms with Crippen molar-refractivity contribution in [2.24, 2.45) is 11.8 Å². The number of nitrogens with zero attached hydrogens (tertiary/aromatic N) is 2. The Kier molecular flexibility index (Phi) is 5.41. The maximum Gasteiger partial charge on any atom is 0.230 e. The van der Waals surface area contributed by atoms with Crippen LogP contribution in [0.1, 0.15) is 38.2 Å². The molecule has 1 aliphatic rings. The van der Waals surface area contributed by atoms with Crippen LogP contribution in [0.15, 0.2) is 28.7 Å². The molecule has 21 heavy (non-hydrogen) atoms. The maximum absolute atomic E-state index is 12.9. The van der Waals surface area contributed by atoms with Gasteiger partial charge >= 0.3 is 0 Å². The fourth-order valence-electron chi connectivity index (χ4n) is 2.91. The first-order valence-electron chi connectivity index (χ1n) is 7.46. The normalized spacial score (nSPS) is 17.6. The van der Waals surface area contributed by atoms with Gasteiger partial charge in [0.1, 0.15) is 0 Å². The van der Waals surface area contributed by atoms with Crippen LogP contribution in [-0.2, 0) is 4.79 Å². The van der Waals surface area contributed by atoms with Crippen molar-refractivity contribution in [1.29, 1.82) is 5.26 Å². The first-order chi connectivity index (χ1) is 10.0. The second-order valence-electron chi connectivity index (χ2n) is 6.00. The maximum atomic E-state index is 12.9. The summed E-state index contributed by atoms with van der Waals surface area (Å²) in [7, 11) is 0. The van der Waals surface area contributed by atoms with Gasteiger partial charge in [0, 0.05) is 23.5 Å². The lowest BCUT2D eigenvalue weighted by Gasteiger charge is -2.33. The molecule has 1 aromatic rings. The van der Waals surface area contributed by atoms with Crippen molar-refractivity contribution in [2.45, 2.75) is 32.6 Å². The molecule has 112 valence electrons. The molecule has 1 unspecified atom stereocenters. The van der Waals surface area contributed by atoms with Crippen LogP contribution in [0, 0.1) is 23.2 Å². The first kappa shape index (κ1) is 16.0. The van der Waals surface area contributed by atoms with Crippen molar-refractivity contribution in [3.8, 4) is 6.07 Å². The highest BCUT2D eigenvalue weighted by molar-refractivity contribution is 9.10. The molecule has 0 aliphatic carbocycles. The number of likely N-dealkylation sites (tertiary alicyclic amines) is 1. The zero-order chi connectivity index (χ0) is 15.4. The van der Waals surface area contributed by atoms with Crippen LogP contribution >= 0.6 is 15.9 Å². The standard InChI is InChI=1S/C17H21BrN2O/c1-12(2)16(14-3-5-15(18)6-4-14)17(21)20-9-7-13(11-19)8-10-20/h3-6,12-13,16H,7-10H2,1-2H3. The van der Waals surface area contributed by atoms with Crippen LogP contribution in [-0.4, -0.2) is 23.9 Å². The van der Waals surface area contributed by atoms with Crippen molar-refractivity contribution < 1.29 is 4.79 Å². The Labute approximate surface area is 135 Å². The van der Waals surface area contributed by atoms with Gasteiger partial charge in [0.25, 0.3) is 0 Å². The quantitative estimate of drug-likeness (QED) is 0.829. The molecule has 1 aromatic carbocycles. The number of hydrogen-bond acceptors (Lipinski definition) is 2. The third-order valence-corrected chi connectivity index (χ3v) is 4.68. The summed E-state index contributed by atoms with van der Waals surface area (Å²) in [6.45, 7) is 5.59. The average Bonchev–Trinajstić information content (AvgIpc) is 2.49. The van der Waals surface area contributed by atoms with E-state index >= 15 is 0 Å². The summed E-state index contributed by atoms with van der Waals surface area (Å²) in [5.74, 6) is 0.465. The molecule has 1 atom stereocenters. The topological polar surface area (TPSA) is 44.1 Å². The summed E-state index contributed by atoms with van der Waals surface area (Å²) in [6.07, 6.45) is 1.60. The number of nitriles is 1. The highest BCUT2D eigenvalue weighted by atomic mass is 79.9. The van der Waals surface area contributed by atoms with Gasteiger partial charge in [-0.25, -0.2) is 0 Å². The molecule has 4 heteroatoms. The van der Waals surface area contributed by atoms with Gasteiger partial charge in [0.05, 0.1) is 12.0 Å². The second kappa shape index (κ2) is 7.09. The number of hydrogen-bond donors (Lipinski definition) is 0. The number of piperidine rings is 1. The van der Waals surface area contributed by atoms with Crippen LogP contribution in [0.2, 0.25) is 0 Å². The summed E-state index contributed by atoms with van der Waals surface area (Å²) in [5.41, 5.74) is 1.07. The molecular weight excluding hydrogens is 328 g/mol. The fraction of sp³-hybridized carbons (Fsp3) is 0.529. The van der Waals surface area contributed by atoms with Crippen LogP contribution in [0.3, 0.4) is 0 Å². The molecule has 1 saturated heterocycles. The number of carbonyl (C=O) groups excluding carboxylic acids is 1. The summed E-state index contributed by atoms with van der Waals surface area (Å²) in [4.78, 5) is 14.8. The molecule has 3 nitrogen and oxygen atoms in total. The van der Waals surface area contributed by atoms with E-state index in [9.17, 15) is 4.79 Å². The summed E-state index contributed by atoms with van der Waals surface area (Å²) < 4.78 is 1.02.